The molecule has 3 rings (SSSR count). The number of pyridine rings is 1. The van der Waals surface area contributed by atoms with Gasteiger partial charge in [0.1, 0.15) is 11.1 Å². The van der Waals surface area contributed by atoms with E-state index in [0.29, 0.717) is 27.9 Å². The van der Waals surface area contributed by atoms with Crippen LogP contribution in [0.2, 0.25) is 0 Å². The summed E-state index contributed by atoms with van der Waals surface area (Å²) in [4.78, 5) is 29.1. The van der Waals surface area contributed by atoms with Crippen molar-refractivity contribution in [1.29, 1.82) is 5.26 Å². The zero-order chi connectivity index (χ0) is 18.7. The van der Waals surface area contributed by atoms with Crippen LogP contribution in [0.1, 0.15) is 24.2 Å². The molecule has 2 N–H and O–H groups in total. The summed E-state index contributed by atoms with van der Waals surface area (Å²) in [5.41, 5.74) is 4.84. The van der Waals surface area contributed by atoms with Crippen molar-refractivity contribution in [3.63, 3.8) is 0 Å². The summed E-state index contributed by atoms with van der Waals surface area (Å²) in [6.07, 6.45) is 1.52. The van der Waals surface area contributed by atoms with Gasteiger partial charge in [0.2, 0.25) is 0 Å². The van der Waals surface area contributed by atoms with E-state index in [1.807, 2.05) is 12.1 Å². The van der Waals surface area contributed by atoms with Gasteiger partial charge >= 0.3 is 0 Å². The molecule has 0 aliphatic carbocycles. The van der Waals surface area contributed by atoms with Crippen LogP contribution in [0, 0.1) is 16.7 Å². The molecule has 26 heavy (non-hydrogen) atoms. The Morgan fingerprint density at radius 2 is 1.92 bits per heavy atom. The number of amides is 2. The van der Waals surface area contributed by atoms with Gasteiger partial charge in [-0.3, -0.25) is 20.4 Å². The number of aromatic nitrogens is 1. The van der Waals surface area contributed by atoms with Crippen LogP contribution in [0.25, 0.3) is 22.4 Å². The third-order valence-corrected chi connectivity index (χ3v) is 3.87. The van der Waals surface area contributed by atoms with Gasteiger partial charge in [-0.05, 0) is 38.1 Å². The van der Waals surface area contributed by atoms with E-state index in [1.165, 1.54) is 20.1 Å². The number of hydrogen-bond donors (Lipinski definition) is 2. The number of nitriles is 1. The van der Waals surface area contributed by atoms with E-state index in [2.05, 4.69) is 15.8 Å². The van der Waals surface area contributed by atoms with Gasteiger partial charge in [0, 0.05) is 5.39 Å². The van der Waals surface area contributed by atoms with E-state index in [4.69, 9.17) is 9.68 Å². The molecular formula is C19H16N4O3. The number of nitrogens with one attached hydrogen (secondary N) is 2. The van der Waals surface area contributed by atoms with Crippen LogP contribution in [0.3, 0.4) is 0 Å². The Hall–Kier alpha value is -3.66. The predicted molar refractivity (Wildman–Crippen MR) is 94.4 cm³/mol. The van der Waals surface area contributed by atoms with Crippen LogP contribution in [0.5, 0.6) is 0 Å². The van der Waals surface area contributed by atoms with Crippen molar-refractivity contribution in [2.24, 2.45) is 5.41 Å². The average Bonchev–Trinajstić information content (AvgIpc) is 3.19. The number of nitrogens with zero attached hydrogens (tertiary/aromatic N) is 2. The summed E-state index contributed by atoms with van der Waals surface area (Å²) in [5, 5.41) is 9.62. The van der Waals surface area contributed by atoms with E-state index in [9.17, 15) is 9.59 Å². The second-order valence-corrected chi connectivity index (χ2v) is 6.19. The molecule has 0 unspecified atom stereocenters. The van der Waals surface area contributed by atoms with E-state index in [0.717, 1.165) is 0 Å². The first-order chi connectivity index (χ1) is 12.4. The summed E-state index contributed by atoms with van der Waals surface area (Å²) in [6.45, 7) is 2.93. The first kappa shape index (κ1) is 17.2. The predicted octanol–water partition coefficient (Wildman–Crippen LogP) is 2.81. The quantitative estimate of drug-likeness (QED) is 0.708. The number of benzene rings is 1. The highest BCUT2D eigenvalue weighted by Crippen LogP contribution is 2.25. The number of hydrogen-bond acceptors (Lipinski definition) is 5. The van der Waals surface area contributed by atoms with Gasteiger partial charge in [-0.25, -0.2) is 4.98 Å². The molecule has 2 heterocycles. The van der Waals surface area contributed by atoms with Crippen molar-refractivity contribution in [2.45, 2.75) is 13.8 Å². The second kappa shape index (κ2) is 6.69. The minimum absolute atomic E-state index is 0.331. The third-order valence-electron chi connectivity index (χ3n) is 3.87. The number of para-hydroxylation sites is 1. The molecule has 0 aliphatic rings. The van der Waals surface area contributed by atoms with Crippen LogP contribution < -0.4 is 10.9 Å². The zero-order valence-corrected chi connectivity index (χ0v) is 14.2. The number of rotatable bonds is 3. The highest BCUT2D eigenvalue weighted by atomic mass is 16.3. The Bertz CT molecular complexity index is 1020. The maximum absolute atomic E-state index is 12.6. The molecule has 7 heteroatoms. The second-order valence-electron chi connectivity index (χ2n) is 6.19. The number of carbonyl (C=O) groups is 2. The van der Waals surface area contributed by atoms with Crippen molar-refractivity contribution in [2.75, 3.05) is 0 Å². The smallest absolute Gasteiger partial charge is 0.270 e. The monoisotopic (exact) mass is 348 g/mol. The summed E-state index contributed by atoms with van der Waals surface area (Å²) >= 11 is 0. The fourth-order valence-electron chi connectivity index (χ4n) is 2.30. The van der Waals surface area contributed by atoms with Crippen molar-refractivity contribution >= 4 is 22.7 Å². The van der Waals surface area contributed by atoms with Crippen molar-refractivity contribution in [3.05, 3.63) is 54.3 Å². The Kier molecular flexibility index (Phi) is 4.42. The summed E-state index contributed by atoms with van der Waals surface area (Å²) in [5.74, 6) is -0.587. The minimum Gasteiger partial charge on any atom is -0.463 e. The van der Waals surface area contributed by atoms with E-state index in [1.54, 1.807) is 36.4 Å². The van der Waals surface area contributed by atoms with Gasteiger partial charge in [-0.1, -0.05) is 18.2 Å². The maximum atomic E-state index is 12.6. The molecule has 0 radical (unpaired) electrons. The highest BCUT2D eigenvalue weighted by molar-refractivity contribution is 6.07. The largest absolute Gasteiger partial charge is 0.463 e. The minimum atomic E-state index is -1.26. The molecule has 1 aromatic carbocycles. The molecular weight excluding hydrogens is 332 g/mol. The van der Waals surface area contributed by atoms with Gasteiger partial charge in [-0.15, -0.1) is 0 Å². The summed E-state index contributed by atoms with van der Waals surface area (Å²) in [6, 6.07) is 14.1. The molecule has 0 atom stereocenters. The van der Waals surface area contributed by atoms with Gasteiger partial charge in [-0.2, -0.15) is 5.26 Å². The van der Waals surface area contributed by atoms with Crippen molar-refractivity contribution < 1.29 is 14.0 Å². The molecule has 130 valence electrons. The first-order valence-electron chi connectivity index (χ1n) is 7.88. The third kappa shape index (κ3) is 3.26. The number of fused-ring (bicyclic) bond motifs is 1. The van der Waals surface area contributed by atoms with Gasteiger partial charge in [0.15, 0.2) is 5.76 Å². The lowest BCUT2D eigenvalue weighted by atomic mass is 9.95. The van der Waals surface area contributed by atoms with Gasteiger partial charge in [0.05, 0.1) is 23.4 Å². The number of hydrazine groups is 1. The van der Waals surface area contributed by atoms with Gasteiger partial charge < -0.3 is 4.42 Å². The topological polar surface area (TPSA) is 108 Å². The normalized spacial score (nSPS) is 11.0. The molecule has 0 fully saturated rings. The maximum Gasteiger partial charge on any atom is 0.270 e. The van der Waals surface area contributed by atoms with Crippen LogP contribution in [0.15, 0.2) is 53.1 Å². The molecule has 0 bridgehead atoms. The van der Waals surface area contributed by atoms with Crippen LogP contribution in [0.4, 0.5) is 0 Å². The molecule has 7 nitrogen and oxygen atoms in total. The molecule has 3 aromatic rings. The molecule has 2 amide bonds. The average molecular weight is 348 g/mol. The fraction of sp³-hybridized carbons (Fsp3) is 0.158. The Morgan fingerprint density at radius 1 is 1.15 bits per heavy atom. The van der Waals surface area contributed by atoms with E-state index < -0.39 is 17.2 Å². The highest BCUT2D eigenvalue weighted by Gasteiger charge is 2.27. The SMILES string of the molecule is CC(C)(C#N)C(=O)NNC(=O)c1cc(-c2ccco2)nc2ccccc12. The van der Waals surface area contributed by atoms with Crippen LogP contribution in [-0.4, -0.2) is 16.8 Å². The zero-order valence-electron chi connectivity index (χ0n) is 14.2. The van der Waals surface area contributed by atoms with Crippen LogP contribution >= 0.6 is 0 Å². The van der Waals surface area contributed by atoms with Gasteiger partial charge in [0.25, 0.3) is 11.8 Å². The number of carbonyl (C=O) groups excluding carboxylic acids is 2. The van der Waals surface area contributed by atoms with E-state index >= 15 is 0 Å². The fourth-order valence-corrected chi connectivity index (χ4v) is 2.30. The lowest BCUT2D eigenvalue weighted by Gasteiger charge is -2.16. The summed E-state index contributed by atoms with van der Waals surface area (Å²) in [7, 11) is 0. The standard InChI is InChI=1S/C19H16N4O3/c1-19(2,11-20)18(25)23-22-17(24)13-10-15(16-8-5-9-26-16)21-14-7-4-3-6-12(13)14/h3-10H,1-2H3,(H,22,24)(H,23,25). The lowest BCUT2D eigenvalue weighted by Crippen LogP contribution is -2.47. The molecule has 0 saturated heterocycles. The molecule has 2 aromatic heterocycles. The summed E-state index contributed by atoms with van der Waals surface area (Å²) < 4.78 is 5.36. The molecule has 0 spiro atoms. The number of furan rings is 1. The van der Waals surface area contributed by atoms with Crippen LogP contribution in [-0.2, 0) is 4.79 Å². The van der Waals surface area contributed by atoms with Crippen molar-refractivity contribution in [3.8, 4) is 17.5 Å². The lowest BCUT2D eigenvalue weighted by molar-refractivity contribution is -0.127. The molecule has 0 saturated carbocycles. The van der Waals surface area contributed by atoms with E-state index in [-0.39, 0.29) is 0 Å². The Balaban J connectivity index is 1.95. The molecule has 0 aliphatic heterocycles. The first-order valence-corrected chi connectivity index (χ1v) is 7.88. The van der Waals surface area contributed by atoms with Crippen molar-refractivity contribution in [1.82, 2.24) is 15.8 Å². The Morgan fingerprint density at radius 3 is 2.62 bits per heavy atom. The Labute approximate surface area is 149 Å².